The Morgan fingerprint density at radius 1 is 0.607 bits per heavy atom. The number of carbonyl (C=O) groups excluding carboxylic acids is 1. The molecule has 1 saturated heterocycles. The molecular formula is C48H92O12S. The molecule has 1 fully saturated rings. The highest BCUT2D eigenvalue weighted by atomic mass is 32.3. The van der Waals surface area contributed by atoms with Gasteiger partial charge in [0.1, 0.15) is 30.5 Å². The molecular weight excluding hydrogens is 801 g/mol. The number of aliphatic hydroxyl groups is 3. The summed E-state index contributed by atoms with van der Waals surface area (Å²) in [5.41, 5.74) is 0. The Kier molecular flexibility index (Phi) is 38.3. The minimum Gasteiger partial charge on any atom is -0.457 e. The van der Waals surface area contributed by atoms with Crippen LogP contribution in [0.25, 0.3) is 0 Å². The van der Waals surface area contributed by atoms with Gasteiger partial charge in [0.2, 0.25) is 0 Å². The van der Waals surface area contributed by atoms with Gasteiger partial charge in [0.05, 0.1) is 19.8 Å². The Hall–Kier alpha value is -1.16. The second-order valence-corrected chi connectivity index (χ2v) is 18.5. The van der Waals surface area contributed by atoms with Gasteiger partial charge in [0.25, 0.3) is 0 Å². The first-order valence-corrected chi connectivity index (χ1v) is 26.3. The monoisotopic (exact) mass is 893 g/mol. The van der Waals surface area contributed by atoms with Crippen molar-refractivity contribution in [3.63, 3.8) is 0 Å². The summed E-state index contributed by atoms with van der Waals surface area (Å²) in [5, 5.41) is 30.7. The number of esters is 1. The van der Waals surface area contributed by atoms with Crippen molar-refractivity contribution < 1.29 is 56.2 Å². The number of aliphatic hydroxyl groups excluding tert-OH is 3. The van der Waals surface area contributed by atoms with Crippen LogP contribution in [0.4, 0.5) is 0 Å². The number of allylic oxidation sites excluding steroid dienone is 2. The van der Waals surface area contributed by atoms with Crippen LogP contribution in [0, 0.1) is 0 Å². The predicted molar refractivity (Wildman–Crippen MR) is 244 cm³/mol. The number of unbranched alkanes of at least 4 members (excludes halogenated alkanes) is 29. The normalized spacial score (nSPS) is 20.1. The molecule has 61 heavy (non-hydrogen) atoms. The van der Waals surface area contributed by atoms with Crippen LogP contribution in [-0.4, -0.2) is 97.5 Å². The van der Waals surface area contributed by atoms with E-state index < -0.39 is 59.8 Å². The van der Waals surface area contributed by atoms with Gasteiger partial charge in [0.15, 0.2) is 6.29 Å². The van der Waals surface area contributed by atoms with Crippen molar-refractivity contribution in [1.82, 2.24) is 0 Å². The molecule has 13 heteroatoms. The van der Waals surface area contributed by atoms with Crippen molar-refractivity contribution in [3.8, 4) is 0 Å². The van der Waals surface area contributed by atoms with Gasteiger partial charge >= 0.3 is 16.4 Å². The standard InChI is InChI=1S/C48H92O12S/c1-3-5-7-9-11-13-15-17-19-20-21-22-23-25-27-29-31-33-35-37-44(50)58-42(41-57-48-46(52)47(60-61(53,54)55)45(51)43(39-49)59-48)40-56-38-36-34-32-30-28-26-24-18-16-14-12-10-8-6-4-2/h16,18,42-43,45-49,51-52H,3-15,17,19-41H2,1-2H3,(H,53,54,55)/b18-16-. The molecule has 0 aromatic carbocycles. The fraction of sp³-hybridized carbons (Fsp3) is 0.938. The third kappa shape index (κ3) is 33.9. The highest BCUT2D eigenvalue weighted by Gasteiger charge is 2.48. The molecule has 1 rings (SSSR count). The molecule has 0 saturated carbocycles. The second kappa shape index (κ2) is 40.4. The molecule has 0 aromatic heterocycles. The van der Waals surface area contributed by atoms with E-state index in [1.54, 1.807) is 0 Å². The summed E-state index contributed by atoms with van der Waals surface area (Å²) in [6.07, 6.45) is 35.3. The van der Waals surface area contributed by atoms with Crippen molar-refractivity contribution in [2.75, 3.05) is 26.4 Å². The molecule has 1 heterocycles. The maximum Gasteiger partial charge on any atom is 0.397 e. The van der Waals surface area contributed by atoms with E-state index in [0.717, 1.165) is 44.9 Å². The highest BCUT2D eigenvalue weighted by molar-refractivity contribution is 7.80. The lowest BCUT2D eigenvalue weighted by Gasteiger charge is -2.41. The first kappa shape index (κ1) is 57.9. The molecule has 0 aliphatic carbocycles. The van der Waals surface area contributed by atoms with Crippen LogP contribution in [0.1, 0.15) is 226 Å². The van der Waals surface area contributed by atoms with Crippen molar-refractivity contribution in [2.24, 2.45) is 0 Å². The van der Waals surface area contributed by atoms with Crippen LogP contribution in [0.3, 0.4) is 0 Å². The summed E-state index contributed by atoms with van der Waals surface area (Å²) in [5.74, 6) is -0.396. The van der Waals surface area contributed by atoms with Gasteiger partial charge in [-0.3, -0.25) is 9.35 Å². The fourth-order valence-electron chi connectivity index (χ4n) is 7.85. The van der Waals surface area contributed by atoms with Gasteiger partial charge in [-0.1, -0.05) is 193 Å². The molecule has 0 radical (unpaired) electrons. The van der Waals surface area contributed by atoms with Gasteiger partial charge in [-0.2, -0.15) is 8.42 Å². The molecule has 12 nitrogen and oxygen atoms in total. The summed E-state index contributed by atoms with van der Waals surface area (Å²) >= 11 is 0. The van der Waals surface area contributed by atoms with Crippen LogP contribution in [0.2, 0.25) is 0 Å². The van der Waals surface area contributed by atoms with Gasteiger partial charge in [-0.05, 0) is 38.5 Å². The van der Waals surface area contributed by atoms with E-state index in [1.807, 2.05) is 0 Å². The third-order valence-electron chi connectivity index (χ3n) is 11.6. The van der Waals surface area contributed by atoms with Crippen LogP contribution in [0.15, 0.2) is 12.2 Å². The number of ether oxygens (including phenoxy) is 4. The Bertz CT molecular complexity index is 1120. The topological polar surface area (TPSA) is 178 Å². The average molecular weight is 893 g/mol. The van der Waals surface area contributed by atoms with E-state index in [4.69, 9.17) is 18.9 Å². The van der Waals surface area contributed by atoms with Crippen LogP contribution in [0.5, 0.6) is 0 Å². The van der Waals surface area contributed by atoms with Crippen molar-refractivity contribution in [2.45, 2.75) is 263 Å². The molecule has 0 amide bonds. The summed E-state index contributed by atoms with van der Waals surface area (Å²) in [7, 11) is -5.06. The summed E-state index contributed by atoms with van der Waals surface area (Å²) in [4.78, 5) is 12.9. The van der Waals surface area contributed by atoms with E-state index in [-0.39, 0.29) is 19.6 Å². The Morgan fingerprint density at radius 3 is 1.48 bits per heavy atom. The van der Waals surface area contributed by atoms with E-state index >= 15 is 0 Å². The molecule has 1 aliphatic heterocycles. The first-order valence-electron chi connectivity index (χ1n) is 24.9. The Balaban J connectivity index is 2.36. The van der Waals surface area contributed by atoms with E-state index in [0.29, 0.717) is 13.0 Å². The number of hydrogen-bond acceptors (Lipinski definition) is 11. The lowest BCUT2D eigenvalue weighted by atomic mass is 9.99. The molecule has 0 bridgehead atoms. The van der Waals surface area contributed by atoms with Gasteiger partial charge < -0.3 is 34.3 Å². The fourth-order valence-corrected chi connectivity index (χ4v) is 8.35. The molecule has 6 atom stereocenters. The first-order chi connectivity index (χ1) is 29.6. The molecule has 362 valence electrons. The van der Waals surface area contributed by atoms with Crippen molar-refractivity contribution in [3.05, 3.63) is 12.2 Å². The Morgan fingerprint density at radius 2 is 1.03 bits per heavy atom. The third-order valence-corrected chi connectivity index (χ3v) is 12.1. The SMILES string of the molecule is CCCCCCC/C=C\CCCCCCCCOCC(COC1OC(CO)C(O)C(OS(=O)(=O)O)C1O)OC(=O)CCCCCCCCCCCCCCCCCCCCC. The molecule has 0 spiro atoms. The minimum absolute atomic E-state index is 0.0374. The second-order valence-electron chi connectivity index (χ2n) is 17.4. The van der Waals surface area contributed by atoms with Crippen molar-refractivity contribution >= 4 is 16.4 Å². The highest BCUT2D eigenvalue weighted by Crippen LogP contribution is 2.26. The quantitative estimate of drug-likeness (QED) is 0.0197. The van der Waals surface area contributed by atoms with Gasteiger partial charge in [-0.15, -0.1) is 0 Å². The Labute approximate surface area is 372 Å². The largest absolute Gasteiger partial charge is 0.457 e. The minimum atomic E-state index is -5.06. The zero-order chi connectivity index (χ0) is 44.7. The van der Waals surface area contributed by atoms with Crippen LogP contribution >= 0.6 is 0 Å². The maximum absolute atomic E-state index is 12.9. The molecule has 0 aromatic rings. The zero-order valence-electron chi connectivity index (χ0n) is 38.7. The summed E-state index contributed by atoms with van der Waals surface area (Å²) < 4.78 is 59.2. The average Bonchev–Trinajstić information content (AvgIpc) is 3.23. The van der Waals surface area contributed by atoms with Gasteiger partial charge in [-0.25, -0.2) is 4.18 Å². The number of hydrogen-bond donors (Lipinski definition) is 4. The van der Waals surface area contributed by atoms with E-state index in [1.165, 1.54) is 154 Å². The molecule has 1 aliphatic rings. The van der Waals surface area contributed by atoms with E-state index in [2.05, 4.69) is 30.2 Å². The van der Waals surface area contributed by atoms with E-state index in [9.17, 15) is 33.1 Å². The van der Waals surface area contributed by atoms with Gasteiger partial charge in [0, 0.05) is 13.0 Å². The van der Waals surface area contributed by atoms with Crippen molar-refractivity contribution in [1.29, 1.82) is 0 Å². The van der Waals surface area contributed by atoms with Crippen LogP contribution < -0.4 is 0 Å². The number of rotatable bonds is 44. The molecule has 6 unspecified atom stereocenters. The lowest BCUT2D eigenvalue weighted by molar-refractivity contribution is -0.301. The maximum atomic E-state index is 12.9. The predicted octanol–water partition coefficient (Wildman–Crippen LogP) is 11.0. The molecule has 4 N–H and O–H groups in total. The summed E-state index contributed by atoms with van der Waals surface area (Å²) in [6.45, 7) is 4.01. The smallest absolute Gasteiger partial charge is 0.397 e. The van der Waals surface area contributed by atoms with Crippen LogP contribution in [-0.2, 0) is 38.3 Å². The summed E-state index contributed by atoms with van der Waals surface area (Å²) in [6, 6.07) is 0. The zero-order valence-corrected chi connectivity index (χ0v) is 39.6. The number of carbonyl (C=O) groups is 1. The lowest BCUT2D eigenvalue weighted by Crippen LogP contribution is -2.60.